The molecule has 0 aliphatic carbocycles. The Labute approximate surface area is 118 Å². The smallest absolute Gasteiger partial charge is 0.243 e. The topological polar surface area (TPSA) is 101 Å². The van der Waals surface area contributed by atoms with E-state index >= 15 is 0 Å². The van der Waals surface area contributed by atoms with Crippen molar-refractivity contribution in [1.82, 2.24) is 18.8 Å². The molecule has 0 saturated carbocycles. The predicted molar refractivity (Wildman–Crippen MR) is 73.0 cm³/mol. The minimum absolute atomic E-state index is 0.0801. The molecule has 1 aliphatic rings. The number of piperidine rings is 1. The zero-order valence-electron chi connectivity index (χ0n) is 11.4. The summed E-state index contributed by atoms with van der Waals surface area (Å²) < 4.78 is 52.5. The third kappa shape index (κ3) is 3.57. The molecule has 1 aromatic heterocycles. The van der Waals surface area contributed by atoms with Gasteiger partial charge in [-0.3, -0.25) is 4.68 Å². The number of aromatic nitrogens is 2. The van der Waals surface area contributed by atoms with Crippen LogP contribution < -0.4 is 4.72 Å². The lowest BCUT2D eigenvalue weighted by Gasteiger charge is -2.31. The van der Waals surface area contributed by atoms with Crippen LogP contribution in [0.1, 0.15) is 12.8 Å². The molecule has 0 radical (unpaired) electrons. The Morgan fingerprint density at radius 2 is 2.05 bits per heavy atom. The van der Waals surface area contributed by atoms with E-state index in [1.54, 1.807) is 7.05 Å². The number of hydrogen-bond acceptors (Lipinski definition) is 5. The molecule has 2 rings (SSSR count). The highest BCUT2D eigenvalue weighted by Gasteiger charge is 2.29. The number of sulfonamides is 2. The second-order valence-electron chi connectivity index (χ2n) is 4.93. The minimum atomic E-state index is -3.66. The van der Waals surface area contributed by atoms with Crippen LogP contribution in [0.3, 0.4) is 0 Å². The third-order valence-electron chi connectivity index (χ3n) is 3.17. The highest BCUT2D eigenvalue weighted by molar-refractivity contribution is 7.89. The molecule has 1 saturated heterocycles. The highest BCUT2D eigenvalue weighted by atomic mass is 32.2. The van der Waals surface area contributed by atoms with Crippen molar-refractivity contribution in [3.05, 3.63) is 12.4 Å². The molecule has 1 atom stereocenters. The van der Waals surface area contributed by atoms with Gasteiger partial charge in [0.05, 0.1) is 12.5 Å². The van der Waals surface area contributed by atoms with E-state index in [2.05, 4.69) is 9.82 Å². The fraction of sp³-hybridized carbons (Fsp3) is 0.700. The zero-order valence-corrected chi connectivity index (χ0v) is 13.0. The van der Waals surface area contributed by atoms with Gasteiger partial charge in [-0.1, -0.05) is 0 Å². The largest absolute Gasteiger partial charge is 0.274 e. The number of rotatable bonds is 4. The summed E-state index contributed by atoms with van der Waals surface area (Å²) in [7, 11) is -5.33. The summed E-state index contributed by atoms with van der Waals surface area (Å²) in [4.78, 5) is 0.0801. The van der Waals surface area contributed by atoms with E-state index < -0.39 is 26.1 Å². The maximum atomic E-state index is 12.1. The van der Waals surface area contributed by atoms with Crippen molar-refractivity contribution < 1.29 is 16.8 Å². The zero-order chi connectivity index (χ0) is 15.0. The predicted octanol–water partition coefficient (Wildman–Crippen LogP) is -0.878. The van der Waals surface area contributed by atoms with Gasteiger partial charge in [0.15, 0.2) is 0 Å². The van der Waals surface area contributed by atoms with Crippen molar-refractivity contribution >= 4 is 20.0 Å². The molecule has 20 heavy (non-hydrogen) atoms. The third-order valence-corrected chi connectivity index (χ3v) is 5.91. The van der Waals surface area contributed by atoms with Gasteiger partial charge in [-0.05, 0) is 12.8 Å². The summed E-state index contributed by atoms with van der Waals surface area (Å²) in [5.41, 5.74) is 0. The summed E-state index contributed by atoms with van der Waals surface area (Å²) in [6.07, 6.45) is 5.04. The molecule has 0 bridgehead atoms. The molecular formula is C10H18N4O4S2. The van der Waals surface area contributed by atoms with E-state index in [4.69, 9.17) is 0 Å². The Morgan fingerprint density at radius 1 is 1.35 bits per heavy atom. The van der Waals surface area contributed by atoms with Crippen LogP contribution in [-0.2, 0) is 27.1 Å². The van der Waals surface area contributed by atoms with Crippen molar-refractivity contribution in [3.63, 3.8) is 0 Å². The van der Waals surface area contributed by atoms with Crippen LogP contribution in [0.15, 0.2) is 17.3 Å². The maximum Gasteiger partial charge on any atom is 0.243 e. The van der Waals surface area contributed by atoms with Crippen LogP contribution in [0.2, 0.25) is 0 Å². The van der Waals surface area contributed by atoms with E-state index in [-0.39, 0.29) is 11.4 Å². The SMILES string of the molecule is Cn1cc(S(=O)(=O)NC2CCCN(S(C)(=O)=O)C2)cn1. The van der Waals surface area contributed by atoms with Crippen molar-refractivity contribution in [2.45, 2.75) is 23.8 Å². The van der Waals surface area contributed by atoms with Gasteiger partial charge in [-0.25, -0.2) is 25.9 Å². The fourth-order valence-corrected chi connectivity index (χ4v) is 4.32. The van der Waals surface area contributed by atoms with Gasteiger partial charge >= 0.3 is 0 Å². The van der Waals surface area contributed by atoms with Crippen molar-refractivity contribution in [2.24, 2.45) is 7.05 Å². The molecule has 0 spiro atoms. The standard InChI is InChI=1S/C10H18N4O4S2/c1-13-8-10(6-11-13)20(17,18)12-9-4-3-5-14(7-9)19(2,15)16/h6,8-9,12H,3-5,7H2,1-2H3. The Kier molecular flexibility index (Phi) is 4.19. The monoisotopic (exact) mass is 322 g/mol. The van der Waals surface area contributed by atoms with Crippen molar-refractivity contribution in [3.8, 4) is 0 Å². The molecule has 1 aliphatic heterocycles. The van der Waals surface area contributed by atoms with Gasteiger partial charge in [0.25, 0.3) is 0 Å². The number of aryl methyl sites for hydroxylation is 1. The first-order valence-corrected chi connectivity index (χ1v) is 9.48. The second-order valence-corrected chi connectivity index (χ2v) is 8.63. The van der Waals surface area contributed by atoms with Crippen LogP contribution in [0.25, 0.3) is 0 Å². The normalized spacial score (nSPS) is 22.0. The highest BCUT2D eigenvalue weighted by Crippen LogP contribution is 2.16. The van der Waals surface area contributed by atoms with Crippen LogP contribution in [0, 0.1) is 0 Å². The van der Waals surface area contributed by atoms with Gasteiger partial charge in [-0.2, -0.15) is 5.10 Å². The summed E-state index contributed by atoms with van der Waals surface area (Å²) >= 11 is 0. The Hall–Kier alpha value is -0.970. The van der Waals surface area contributed by atoms with Crippen LogP contribution in [0.5, 0.6) is 0 Å². The number of nitrogens with one attached hydrogen (secondary N) is 1. The molecule has 0 aromatic carbocycles. The average molecular weight is 322 g/mol. The lowest BCUT2D eigenvalue weighted by Crippen LogP contribution is -2.49. The lowest BCUT2D eigenvalue weighted by atomic mass is 10.1. The molecule has 2 heterocycles. The fourth-order valence-electron chi connectivity index (χ4n) is 2.16. The molecule has 1 aromatic rings. The Morgan fingerprint density at radius 3 is 2.60 bits per heavy atom. The molecule has 0 amide bonds. The van der Waals surface area contributed by atoms with E-state index in [1.807, 2.05) is 0 Å². The summed E-state index contributed by atoms with van der Waals surface area (Å²) in [6.45, 7) is 0.599. The molecule has 1 unspecified atom stereocenters. The minimum Gasteiger partial charge on any atom is -0.274 e. The quantitative estimate of drug-likeness (QED) is 0.776. The maximum absolute atomic E-state index is 12.1. The van der Waals surface area contributed by atoms with Crippen LogP contribution in [0.4, 0.5) is 0 Å². The molecular weight excluding hydrogens is 304 g/mol. The summed E-state index contributed by atoms with van der Waals surface area (Å²) in [5.74, 6) is 0. The van der Waals surface area contributed by atoms with Crippen molar-refractivity contribution in [1.29, 1.82) is 0 Å². The first-order chi connectivity index (χ1) is 9.18. The van der Waals surface area contributed by atoms with Gasteiger partial charge in [0.1, 0.15) is 4.90 Å². The van der Waals surface area contributed by atoms with E-state index in [9.17, 15) is 16.8 Å². The van der Waals surface area contributed by atoms with Gasteiger partial charge in [-0.15, -0.1) is 0 Å². The molecule has 114 valence electrons. The van der Waals surface area contributed by atoms with Crippen molar-refractivity contribution in [2.75, 3.05) is 19.3 Å². The van der Waals surface area contributed by atoms with E-state index in [0.29, 0.717) is 19.4 Å². The summed E-state index contributed by atoms with van der Waals surface area (Å²) in [5, 5.41) is 3.82. The van der Waals surface area contributed by atoms with Gasteiger partial charge in [0, 0.05) is 32.4 Å². The summed E-state index contributed by atoms with van der Waals surface area (Å²) in [6, 6.07) is -0.413. The average Bonchev–Trinajstić information content (AvgIpc) is 2.75. The number of hydrogen-bond donors (Lipinski definition) is 1. The first kappa shape index (κ1) is 15.4. The van der Waals surface area contributed by atoms with Gasteiger partial charge in [0.2, 0.25) is 20.0 Å². The van der Waals surface area contributed by atoms with E-state index in [0.717, 1.165) is 6.26 Å². The molecule has 1 fully saturated rings. The lowest BCUT2D eigenvalue weighted by molar-refractivity contribution is 0.305. The number of nitrogens with zero attached hydrogens (tertiary/aromatic N) is 3. The van der Waals surface area contributed by atoms with Crippen LogP contribution >= 0.6 is 0 Å². The second kappa shape index (κ2) is 5.43. The molecule has 10 heteroatoms. The molecule has 8 nitrogen and oxygen atoms in total. The Balaban J connectivity index is 2.10. The van der Waals surface area contributed by atoms with Crippen LogP contribution in [-0.4, -0.2) is 56.3 Å². The molecule has 1 N–H and O–H groups in total. The Bertz CT molecular complexity index is 680. The van der Waals surface area contributed by atoms with E-state index in [1.165, 1.54) is 21.4 Å². The van der Waals surface area contributed by atoms with Gasteiger partial charge < -0.3 is 0 Å². The first-order valence-electron chi connectivity index (χ1n) is 6.14.